The van der Waals surface area contributed by atoms with Crippen LogP contribution in [0.5, 0.6) is 0 Å². The van der Waals surface area contributed by atoms with Gasteiger partial charge in [0.1, 0.15) is 17.3 Å². The third kappa shape index (κ3) is 2.97. The lowest BCUT2D eigenvalue weighted by molar-refractivity contribution is 0.897. The van der Waals surface area contributed by atoms with E-state index in [0.29, 0.717) is 34.8 Å². The molecule has 3 heterocycles. The minimum absolute atomic E-state index is 0.154. The van der Waals surface area contributed by atoms with Crippen molar-refractivity contribution in [3.05, 3.63) is 65.0 Å². The van der Waals surface area contributed by atoms with Crippen LogP contribution in [0.15, 0.2) is 53.6 Å². The quantitative estimate of drug-likeness (QED) is 0.590. The highest BCUT2D eigenvalue weighted by molar-refractivity contribution is 5.77. The maximum Gasteiger partial charge on any atom is 0.258 e. The molecule has 0 amide bonds. The van der Waals surface area contributed by atoms with Gasteiger partial charge in [-0.05, 0) is 24.3 Å². The summed E-state index contributed by atoms with van der Waals surface area (Å²) in [7, 11) is 1.90. The second kappa shape index (κ2) is 6.16. The fraction of sp³-hybridized carbons (Fsp3) is 0.118. The van der Waals surface area contributed by atoms with E-state index in [1.807, 2.05) is 48.1 Å². The Morgan fingerprint density at radius 1 is 1.16 bits per heavy atom. The number of anilines is 1. The number of H-pyrrole nitrogens is 1. The Bertz CT molecular complexity index is 1080. The van der Waals surface area contributed by atoms with Gasteiger partial charge in [-0.1, -0.05) is 12.1 Å². The van der Waals surface area contributed by atoms with E-state index in [2.05, 4.69) is 30.5 Å². The minimum atomic E-state index is -0.154. The predicted molar refractivity (Wildman–Crippen MR) is 93.9 cm³/mol. The number of aromatic nitrogens is 6. The molecule has 8 nitrogen and oxygen atoms in total. The molecule has 4 aromatic rings. The van der Waals surface area contributed by atoms with Gasteiger partial charge in [-0.3, -0.25) is 4.79 Å². The molecule has 25 heavy (non-hydrogen) atoms. The Morgan fingerprint density at radius 2 is 2.04 bits per heavy atom. The van der Waals surface area contributed by atoms with Gasteiger partial charge in [0.15, 0.2) is 5.82 Å². The highest BCUT2D eigenvalue weighted by Gasteiger charge is 2.07. The number of nitrogens with one attached hydrogen (secondary N) is 2. The summed E-state index contributed by atoms with van der Waals surface area (Å²) in [5.74, 6) is 1.88. The summed E-state index contributed by atoms with van der Waals surface area (Å²) in [6.07, 6.45) is 3.57. The molecule has 0 fully saturated rings. The molecule has 0 saturated heterocycles. The van der Waals surface area contributed by atoms with E-state index in [1.165, 1.54) is 0 Å². The third-order valence-electron chi connectivity index (χ3n) is 3.81. The van der Waals surface area contributed by atoms with E-state index in [4.69, 9.17) is 0 Å². The zero-order valence-electron chi connectivity index (χ0n) is 13.5. The van der Waals surface area contributed by atoms with Crippen LogP contribution in [0.1, 0.15) is 5.82 Å². The predicted octanol–water partition coefficient (Wildman–Crippen LogP) is 1.73. The van der Waals surface area contributed by atoms with Crippen molar-refractivity contribution in [1.29, 1.82) is 0 Å². The molecule has 1 aromatic carbocycles. The van der Waals surface area contributed by atoms with Gasteiger partial charge in [0.2, 0.25) is 0 Å². The van der Waals surface area contributed by atoms with E-state index in [-0.39, 0.29) is 5.56 Å². The highest BCUT2D eigenvalue weighted by Crippen LogP contribution is 2.14. The lowest BCUT2D eigenvalue weighted by Crippen LogP contribution is -2.14. The number of aromatic amines is 1. The van der Waals surface area contributed by atoms with Gasteiger partial charge in [0.05, 0.1) is 17.4 Å². The summed E-state index contributed by atoms with van der Waals surface area (Å²) in [5.41, 5.74) is 1.20. The van der Waals surface area contributed by atoms with Crippen molar-refractivity contribution in [2.45, 2.75) is 6.54 Å². The molecular weight excluding hydrogens is 318 g/mol. The van der Waals surface area contributed by atoms with Gasteiger partial charge in [0, 0.05) is 19.4 Å². The first kappa shape index (κ1) is 15.0. The lowest BCUT2D eigenvalue weighted by Gasteiger charge is -2.06. The number of aryl methyl sites for hydroxylation is 1. The summed E-state index contributed by atoms with van der Waals surface area (Å²) in [6.45, 7) is 0.344. The first-order valence-electron chi connectivity index (χ1n) is 7.74. The van der Waals surface area contributed by atoms with Crippen LogP contribution >= 0.6 is 0 Å². The van der Waals surface area contributed by atoms with Crippen LogP contribution in [0.25, 0.3) is 22.4 Å². The largest absolute Gasteiger partial charge is 0.361 e. The number of fused-ring (bicyclic) bond motifs is 1. The van der Waals surface area contributed by atoms with E-state index < -0.39 is 0 Å². The number of nitrogens with zero attached hydrogens (tertiary/aromatic N) is 5. The molecule has 0 radical (unpaired) electrons. The molecule has 0 aliphatic carbocycles. The second-order valence-electron chi connectivity index (χ2n) is 5.55. The van der Waals surface area contributed by atoms with Crippen LogP contribution in [-0.4, -0.2) is 29.7 Å². The van der Waals surface area contributed by atoms with Crippen LogP contribution < -0.4 is 10.9 Å². The van der Waals surface area contributed by atoms with Crippen molar-refractivity contribution in [2.75, 3.05) is 5.32 Å². The zero-order chi connectivity index (χ0) is 17.2. The average Bonchev–Trinajstić information content (AvgIpc) is 3.06. The van der Waals surface area contributed by atoms with Crippen LogP contribution in [-0.2, 0) is 13.6 Å². The molecule has 124 valence electrons. The molecule has 4 rings (SSSR count). The smallest absolute Gasteiger partial charge is 0.258 e. The summed E-state index contributed by atoms with van der Waals surface area (Å²) < 4.78 is 1.88. The van der Waals surface area contributed by atoms with Crippen LogP contribution in [0.3, 0.4) is 0 Å². The van der Waals surface area contributed by atoms with Gasteiger partial charge in [-0.2, -0.15) is 0 Å². The van der Waals surface area contributed by atoms with Gasteiger partial charge in [0.25, 0.3) is 5.56 Å². The molecule has 0 aliphatic heterocycles. The number of benzene rings is 1. The van der Waals surface area contributed by atoms with Crippen LogP contribution in [0, 0.1) is 0 Å². The molecule has 0 bridgehead atoms. The Labute approximate surface area is 142 Å². The number of hydrogen-bond donors (Lipinski definition) is 2. The van der Waals surface area contributed by atoms with Gasteiger partial charge in [-0.25, -0.2) is 9.97 Å². The first-order chi connectivity index (χ1) is 12.2. The average molecular weight is 333 g/mol. The van der Waals surface area contributed by atoms with E-state index in [1.54, 1.807) is 12.3 Å². The maximum atomic E-state index is 12.1. The second-order valence-corrected chi connectivity index (χ2v) is 5.55. The normalized spacial score (nSPS) is 10.9. The van der Waals surface area contributed by atoms with Crippen molar-refractivity contribution in [2.24, 2.45) is 7.05 Å². The Morgan fingerprint density at radius 3 is 2.80 bits per heavy atom. The Kier molecular flexibility index (Phi) is 3.70. The molecule has 2 N–H and O–H groups in total. The SMILES string of the molecule is Cn1ccnc1-c1ccc(NCc2nc3ccccc3c(=O)[nH]2)nn1. The van der Waals surface area contributed by atoms with Gasteiger partial charge in [-0.15, -0.1) is 10.2 Å². The molecule has 0 atom stereocenters. The molecule has 0 aliphatic rings. The van der Waals surface area contributed by atoms with Crippen molar-refractivity contribution in [3.63, 3.8) is 0 Å². The maximum absolute atomic E-state index is 12.1. The number of hydrogen-bond acceptors (Lipinski definition) is 6. The monoisotopic (exact) mass is 333 g/mol. The molecule has 3 aromatic heterocycles. The van der Waals surface area contributed by atoms with E-state index >= 15 is 0 Å². The molecule has 0 saturated carbocycles. The van der Waals surface area contributed by atoms with Crippen molar-refractivity contribution >= 4 is 16.7 Å². The van der Waals surface area contributed by atoms with Gasteiger partial charge < -0.3 is 14.9 Å². The van der Waals surface area contributed by atoms with E-state index in [9.17, 15) is 4.79 Å². The number of imidazole rings is 1. The third-order valence-corrected chi connectivity index (χ3v) is 3.81. The highest BCUT2D eigenvalue weighted by atomic mass is 16.1. The number of para-hydroxylation sites is 1. The molecule has 0 unspecified atom stereocenters. The van der Waals surface area contributed by atoms with Crippen molar-refractivity contribution < 1.29 is 0 Å². The van der Waals surface area contributed by atoms with Crippen LogP contribution in [0.2, 0.25) is 0 Å². The van der Waals surface area contributed by atoms with Crippen molar-refractivity contribution in [3.8, 4) is 11.5 Å². The fourth-order valence-corrected chi connectivity index (χ4v) is 2.55. The summed E-state index contributed by atoms with van der Waals surface area (Å²) in [5, 5.41) is 12.0. The summed E-state index contributed by atoms with van der Waals surface area (Å²) in [4.78, 5) is 23.5. The van der Waals surface area contributed by atoms with Crippen LogP contribution in [0.4, 0.5) is 5.82 Å². The molecule has 8 heteroatoms. The topological polar surface area (TPSA) is 101 Å². The summed E-state index contributed by atoms with van der Waals surface area (Å²) >= 11 is 0. The Balaban J connectivity index is 1.52. The summed E-state index contributed by atoms with van der Waals surface area (Å²) in [6, 6.07) is 10.9. The minimum Gasteiger partial charge on any atom is -0.361 e. The lowest BCUT2D eigenvalue weighted by atomic mass is 10.2. The standard InChI is InChI=1S/C17H15N7O/c1-24-9-8-18-16(24)13-6-7-14(23-22-13)19-10-15-20-12-5-3-2-4-11(12)17(25)21-15/h2-9H,10H2,1H3,(H,19,23)(H,20,21,25). The first-order valence-corrected chi connectivity index (χ1v) is 7.74. The zero-order valence-corrected chi connectivity index (χ0v) is 13.5. The number of rotatable bonds is 4. The van der Waals surface area contributed by atoms with E-state index in [0.717, 1.165) is 5.82 Å². The van der Waals surface area contributed by atoms with Crippen molar-refractivity contribution in [1.82, 2.24) is 29.7 Å². The molecule has 0 spiro atoms. The Hall–Kier alpha value is -3.55. The van der Waals surface area contributed by atoms with Gasteiger partial charge >= 0.3 is 0 Å². The molecular formula is C17H15N7O. The fourth-order valence-electron chi connectivity index (χ4n) is 2.55.